The highest BCUT2D eigenvalue weighted by molar-refractivity contribution is 14.1. The first-order valence-electron chi connectivity index (χ1n) is 8.38. The van der Waals surface area contributed by atoms with Crippen LogP contribution in [0.4, 0.5) is 0 Å². The average molecular weight is 647 g/mol. The van der Waals surface area contributed by atoms with E-state index in [-0.39, 0.29) is 13.2 Å². The molecule has 0 aliphatic heterocycles. The smallest absolute Gasteiger partial charge is 0.263 e. The zero-order valence-electron chi connectivity index (χ0n) is 15.2. The van der Waals surface area contributed by atoms with E-state index in [2.05, 4.69) is 77.0 Å². The van der Waals surface area contributed by atoms with Gasteiger partial charge in [-0.3, -0.25) is 4.79 Å². The maximum Gasteiger partial charge on any atom is 0.263 e. The van der Waals surface area contributed by atoms with Gasteiger partial charge in [0.2, 0.25) is 5.82 Å². The Labute approximate surface area is 204 Å². The molecule has 0 unspecified atom stereocenters. The summed E-state index contributed by atoms with van der Waals surface area (Å²) in [5.41, 5.74) is 3.77. The first-order chi connectivity index (χ1) is 14.5. The summed E-state index contributed by atoms with van der Waals surface area (Å²) in [6, 6.07) is 11.0. The molecule has 1 N–H and O–H groups in total. The van der Waals surface area contributed by atoms with E-state index in [0.717, 1.165) is 7.14 Å². The van der Waals surface area contributed by atoms with Crippen LogP contribution >= 0.6 is 56.8 Å². The number of hydrogen-bond donors (Lipinski definition) is 1. The number of tetrazole rings is 1. The van der Waals surface area contributed by atoms with Crippen LogP contribution < -0.4 is 10.2 Å². The molecule has 11 heteroatoms. The lowest BCUT2D eigenvalue weighted by Crippen LogP contribution is -2.24. The second kappa shape index (κ2) is 10.7. The van der Waals surface area contributed by atoms with E-state index in [0.29, 0.717) is 27.7 Å². The Bertz CT molecular complexity index is 1140. The van der Waals surface area contributed by atoms with Crippen LogP contribution in [0.25, 0.3) is 11.4 Å². The quantitative estimate of drug-likeness (QED) is 0.184. The molecule has 1 heterocycles. The van der Waals surface area contributed by atoms with E-state index >= 15 is 0 Å². The standard InChI is InChI=1S/C19H13ClI2N6O2/c1-2-7-30-18-12(8-13(21)9-16(18)22)10-23-24-17(29)11-28-26-19(25-27-28)14-5-3-4-6-15(14)20/h1,3-6,8-10H,7,11H2,(H,24,29)/b23-10+. The summed E-state index contributed by atoms with van der Waals surface area (Å²) in [4.78, 5) is 13.3. The van der Waals surface area contributed by atoms with E-state index in [1.807, 2.05) is 18.2 Å². The van der Waals surface area contributed by atoms with Gasteiger partial charge in [-0.1, -0.05) is 29.7 Å². The van der Waals surface area contributed by atoms with Crippen LogP contribution in [-0.4, -0.2) is 38.9 Å². The van der Waals surface area contributed by atoms with E-state index < -0.39 is 5.91 Å². The molecule has 0 saturated heterocycles. The van der Waals surface area contributed by atoms with Gasteiger partial charge in [-0.15, -0.1) is 16.6 Å². The minimum Gasteiger partial charge on any atom is -0.479 e. The van der Waals surface area contributed by atoms with Crippen LogP contribution in [0.15, 0.2) is 41.5 Å². The highest BCUT2D eigenvalue weighted by atomic mass is 127. The minimum absolute atomic E-state index is 0.134. The summed E-state index contributed by atoms with van der Waals surface area (Å²) in [6.45, 7) is -0.0192. The fourth-order valence-electron chi connectivity index (χ4n) is 2.34. The van der Waals surface area contributed by atoms with Gasteiger partial charge < -0.3 is 4.74 Å². The number of amides is 1. The molecule has 0 bridgehead atoms. The van der Waals surface area contributed by atoms with Crippen molar-refractivity contribution >= 4 is 68.9 Å². The number of halogens is 3. The van der Waals surface area contributed by atoms with Gasteiger partial charge in [0.1, 0.15) is 18.9 Å². The van der Waals surface area contributed by atoms with Gasteiger partial charge in [0.25, 0.3) is 5.91 Å². The van der Waals surface area contributed by atoms with Gasteiger partial charge in [-0.05, 0) is 74.7 Å². The van der Waals surface area contributed by atoms with Crippen molar-refractivity contribution < 1.29 is 9.53 Å². The maximum absolute atomic E-state index is 12.2. The van der Waals surface area contributed by atoms with Gasteiger partial charge >= 0.3 is 0 Å². The maximum atomic E-state index is 12.2. The Morgan fingerprint density at radius 1 is 1.37 bits per heavy atom. The third-order valence-electron chi connectivity index (χ3n) is 3.58. The summed E-state index contributed by atoms with van der Waals surface area (Å²) in [6.07, 6.45) is 6.77. The van der Waals surface area contributed by atoms with Crippen molar-refractivity contribution in [3.05, 3.63) is 54.1 Å². The van der Waals surface area contributed by atoms with Crippen molar-refractivity contribution in [2.75, 3.05) is 6.61 Å². The second-order valence-corrected chi connectivity index (χ2v) is 8.53. The molecule has 2 aromatic carbocycles. The Balaban J connectivity index is 1.65. The Morgan fingerprint density at radius 3 is 2.93 bits per heavy atom. The first-order valence-corrected chi connectivity index (χ1v) is 10.9. The summed E-state index contributed by atoms with van der Waals surface area (Å²) in [5, 5.41) is 16.5. The molecule has 0 fully saturated rings. The lowest BCUT2D eigenvalue weighted by Gasteiger charge is -2.09. The highest BCUT2D eigenvalue weighted by Gasteiger charge is 2.12. The summed E-state index contributed by atoms with van der Waals surface area (Å²) < 4.78 is 7.47. The number of benzene rings is 2. The highest BCUT2D eigenvalue weighted by Crippen LogP contribution is 2.27. The molecular formula is C19H13ClI2N6O2. The molecule has 1 aromatic heterocycles. The van der Waals surface area contributed by atoms with Crippen molar-refractivity contribution in [3.8, 4) is 29.5 Å². The van der Waals surface area contributed by atoms with Crippen LogP contribution in [0.5, 0.6) is 5.75 Å². The van der Waals surface area contributed by atoms with Crippen LogP contribution in [0.3, 0.4) is 0 Å². The number of terminal acetylenes is 1. The predicted octanol–water partition coefficient (Wildman–Crippen LogP) is 3.37. The zero-order valence-corrected chi connectivity index (χ0v) is 20.3. The lowest BCUT2D eigenvalue weighted by atomic mass is 10.2. The monoisotopic (exact) mass is 646 g/mol. The molecule has 0 atom stereocenters. The molecule has 0 radical (unpaired) electrons. The molecule has 1 amide bonds. The molecule has 0 aliphatic rings. The second-order valence-electron chi connectivity index (χ2n) is 5.72. The molecule has 0 saturated carbocycles. The Morgan fingerprint density at radius 2 is 2.17 bits per heavy atom. The van der Waals surface area contributed by atoms with Gasteiger partial charge in [0.15, 0.2) is 0 Å². The summed E-state index contributed by atoms with van der Waals surface area (Å²) >= 11 is 10.5. The normalized spacial score (nSPS) is 10.7. The largest absolute Gasteiger partial charge is 0.479 e. The minimum atomic E-state index is -0.416. The number of carbonyl (C=O) groups excluding carboxylic acids is 1. The molecule has 3 rings (SSSR count). The lowest BCUT2D eigenvalue weighted by molar-refractivity contribution is -0.122. The van der Waals surface area contributed by atoms with E-state index in [9.17, 15) is 4.79 Å². The predicted molar refractivity (Wildman–Crippen MR) is 130 cm³/mol. The number of hydrazone groups is 1. The Kier molecular flexibility index (Phi) is 8.00. The fourth-order valence-corrected chi connectivity index (χ4v) is 4.61. The van der Waals surface area contributed by atoms with Gasteiger partial charge in [-0.2, -0.15) is 9.90 Å². The number of carbonyl (C=O) groups is 1. The van der Waals surface area contributed by atoms with Gasteiger partial charge in [0.05, 0.1) is 14.8 Å². The number of hydrogen-bond acceptors (Lipinski definition) is 6. The van der Waals surface area contributed by atoms with Crippen LogP contribution in [0.2, 0.25) is 5.02 Å². The Hall–Kier alpha value is -2.24. The zero-order chi connectivity index (χ0) is 21.5. The SMILES string of the molecule is C#CCOc1c(I)cc(I)cc1/C=N/NC(=O)Cn1nnc(-c2ccccc2Cl)n1. The number of rotatable bonds is 7. The number of nitrogens with one attached hydrogen (secondary N) is 1. The molecule has 8 nitrogen and oxygen atoms in total. The molecule has 0 spiro atoms. The number of ether oxygens (including phenoxy) is 1. The third kappa shape index (κ3) is 5.89. The first kappa shape index (κ1) is 22.4. The van der Waals surface area contributed by atoms with Gasteiger partial charge in [0, 0.05) is 14.7 Å². The van der Waals surface area contributed by atoms with Gasteiger partial charge in [-0.25, -0.2) is 5.43 Å². The van der Waals surface area contributed by atoms with Crippen LogP contribution in [0.1, 0.15) is 5.56 Å². The number of nitrogens with zero attached hydrogens (tertiary/aromatic N) is 5. The topological polar surface area (TPSA) is 94.3 Å². The molecule has 30 heavy (non-hydrogen) atoms. The number of aromatic nitrogens is 4. The third-order valence-corrected chi connectivity index (χ3v) is 5.34. The van der Waals surface area contributed by atoms with E-state index in [1.165, 1.54) is 11.0 Å². The van der Waals surface area contributed by atoms with Crippen LogP contribution in [0, 0.1) is 19.5 Å². The van der Waals surface area contributed by atoms with E-state index in [1.54, 1.807) is 18.2 Å². The van der Waals surface area contributed by atoms with Crippen molar-refractivity contribution in [2.24, 2.45) is 5.10 Å². The van der Waals surface area contributed by atoms with Crippen molar-refractivity contribution in [3.63, 3.8) is 0 Å². The molecule has 0 aliphatic carbocycles. The molecule has 152 valence electrons. The van der Waals surface area contributed by atoms with Crippen molar-refractivity contribution in [1.82, 2.24) is 25.6 Å². The van der Waals surface area contributed by atoms with Crippen molar-refractivity contribution in [1.29, 1.82) is 0 Å². The van der Waals surface area contributed by atoms with Crippen molar-refractivity contribution in [2.45, 2.75) is 6.54 Å². The molecular weight excluding hydrogens is 634 g/mol. The van der Waals surface area contributed by atoms with Crippen LogP contribution in [-0.2, 0) is 11.3 Å². The average Bonchev–Trinajstić information content (AvgIpc) is 3.15. The summed E-state index contributed by atoms with van der Waals surface area (Å²) in [7, 11) is 0. The molecule has 3 aromatic rings. The van der Waals surface area contributed by atoms with E-state index in [4.69, 9.17) is 22.8 Å². The fraction of sp³-hybridized carbons (Fsp3) is 0.105. The summed E-state index contributed by atoms with van der Waals surface area (Å²) in [5.74, 6) is 2.96.